The number of aromatic nitrogens is 1. The van der Waals surface area contributed by atoms with E-state index >= 15 is 0 Å². The molecule has 0 aliphatic rings. The minimum absolute atomic E-state index is 1.01. The topological polar surface area (TPSA) is 29.6 Å². The molecule has 0 radical (unpaired) electrons. The molecule has 3 rings (SSSR count). The predicted octanol–water partition coefficient (Wildman–Crippen LogP) is 8.93. The van der Waals surface area contributed by atoms with Crippen molar-refractivity contribution in [3.63, 3.8) is 0 Å². The fourth-order valence-electron chi connectivity index (χ4n) is 4.39. The molecule has 0 spiro atoms. The fraction of sp³-hybridized carbons (Fsp3) is 0.333. The summed E-state index contributed by atoms with van der Waals surface area (Å²) in [5.41, 5.74) is 13.8. The molecule has 2 aromatic carbocycles. The first kappa shape index (κ1) is 28.3. The number of rotatable bonds is 4. The molecule has 0 amide bonds. The standard InChI is InChI=1S/C27H33N3.Fe.2HI/c1-16-12-18(3)26(19(4)13-16)28-22(7)24-10-11-25(30(24)9)23(8)29-27-20(5)14-17(2)15-21(27)6;;;/h10-15H,1-9H3;;2*1H/q;+2;;/p-2. The van der Waals surface area contributed by atoms with E-state index < -0.39 is 0 Å². The molecular weight excluding hydrogens is 676 g/mol. The van der Waals surface area contributed by atoms with Gasteiger partial charge in [0.25, 0.3) is 0 Å². The van der Waals surface area contributed by atoms with Gasteiger partial charge in [0, 0.05) is 7.05 Å². The molecular formula is C27H33FeI2N3. The maximum atomic E-state index is 4.98. The van der Waals surface area contributed by atoms with Crippen molar-refractivity contribution in [1.82, 2.24) is 4.57 Å². The number of aryl methyl sites for hydroxylation is 6. The van der Waals surface area contributed by atoms with Crippen molar-refractivity contribution in [3.8, 4) is 0 Å². The van der Waals surface area contributed by atoms with E-state index in [1.54, 1.807) is 0 Å². The summed E-state index contributed by atoms with van der Waals surface area (Å²) in [5, 5.41) is 0. The Hall–Kier alpha value is -0.961. The van der Waals surface area contributed by atoms with Crippen LogP contribution >= 0.6 is 40.7 Å². The van der Waals surface area contributed by atoms with Crippen LogP contribution in [0.3, 0.4) is 0 Å². The molecule has 0 fully saturated rings. The molecule has 1 heterocycles. The Morgan fingerprint density at radius 3 is 1.21 bits per heavy atom. The van der Waals surface area contributed by atoms with Gasteiger partial charge < -0.3 is 4.57 Å². The summed E-state index contributed by atoms with van der Waals surface area (Å²) in [7, 11) is 3.28. The second kappa shape index (κ2) is 12.7. The molecule has 6 heteroatoms. The summed E-state index contributed by atoms with van der Waals surface area (Å²) in [6, 6.07) is 13.1. The first-order chi connectivity index (χ1) is 15.5. The molecule has 0 atom stereocenters. The Balaban J connectivity index is 0.00000122. The van der Waals surface area contributed by atoms with Crippen molar-refractivity contribution >= 4 is 63.5 Å². The molecule has 3 nitrogen and oxygen atoms in total. The summed E-state index contributed by atoms with van der Waals surface area (Å²) >= 11 is 4.55. The first-order valence-corrected chi connectivity index (χ1v) is 17.9. The van der Waals surface area contributed by atoms with Gasteiger partial charge in [-0.1, -0.05) is 35.4 Å². The predicted molar refractivity (Wildman–Crippen MR) is 159 cm³/mol. The third kappa shape index (κ3) is 7.26. The second-order valence-corrected chi connectivity index (χ2v) is 17.9. The van der Waals surface area contributed by atoms with Gasteiger partial charge in [0.1, 0.15) is 0 Å². The first-order valence-electron chi connectivity index (χ1n) is 10.8. The summed E-state index contributed by atoms with van der Waals surface area (Å²) in [4.78, 5) is 9.96. The van der Waals surface area contributed by atoms with Crippen LogP contribution in [-0.2, 0) is 15.5 Å². The normalized spacial score (nSPS) is 12.1. The van der Waals surface area contributed by atoms with Crippen LogP contribution in [0.1, 0.15) is 58.6 Å². The number of aliphatic imine (C=N–C) groups is 2. The Morgan fingerprint density at radius 2 is 0.939 bits per heavy atom. The van der Waals surface area contributed by atoms with Crippen molar-refractivity contribution in [1.29, 1.82) is 0 Å². The third-order valence-corrected chi connectivity index (χ3v) is 5.69. The van der Waals surface area contributed by atoms with Crippen molar-refractivity contribution in [2.45, 2.75) is 55.4 Å². The average molecular weight is 709 g/mol. The van der Waals surface area contributed by atoms with Crippen LogP contribution in [0.4, 0.5) is 11.4 Å². The molecule has 0 bridgehead atoms. The van der Waals surface area contributed by atoms with Gasteiger partial charge in [0.05, 0.1) is 34.2 Å². The van der Waals surface area contributed by atoms with Crippen LogP contribution in [0.15, 0.2) is 46.4 Å². The molecule has 0 aliphatic carbocycles. The molecule has 0 saturated heterocycles. The van der Waals surface area contributed by atoms with Crippen molar-refractivity contribution in [3.05, 3.63) is 81.2 Å². The van der Waals surface area contributed by atoms with E-state index in [2.05, 4.69) is 144 Å². The number of hydrogen-bond acceptors (Lipinski definition) is 2. The minimum atomic E-state index is 1.01. The van der Waals surface area contributed by atoms with E-state index in [4.69, 9.17) is 9.98 Å². The van der Waals surface area contributed by atoms with Crippen LogP contribution < -0.4 is 0 Å². The molecule has 33 heavy (non-hydrogen) atoms. The van der Waals surface area contributed by atoms with Crippen molar-refractivity contribution in [2.24, 2.45) is 17.0 Å². The zero-order valence-corrected chi connectivity index (χ0v) is 26.3. The number of hydrogen-bond donors (Lipinski definition) is 0. The molecule has 0 aliphatic heterocycles. The Labute approximate surface area is 228 Å². The molecule has 1 aromatic heterocycles. The van der Waals surface area contributed by atoms with Gasteiger partial charge in [-0.3, -0.25) is 9.98 Å². The SMILES string of the molecule is CC(=Nc1c(C)cc(C)cc1C)c1ccc(C(C)=Nc2c(C)cc(C)cc2C)n1C.[I][Fe][I]. The summed E-state index contributed by atoms with van der Waals surface area (Å²) < 4.78 is 2.19. The van der Waals surface area contributed by atoms with Gasteiger partial charge in [-0.2, -0.15) is 0 Å². The summed E-state index contributed by atoms with van der Waals surface area (Å²) in [6.45, 7) is 16.9. The fourth-order valence-corrected chi connectivity index (χ4v) is 4.39. The average Bonchev–Trinajstić information content (AvgIpc) is 3.09. The van der Waals surface area contributed by atoms with Gasteiger partial charge in [0.2, 0.25) is 0 Å². The molecule has 3 aromatic rings. The van der Waals surface area contributed by atoms with Crippen LogP contribution in [-0.4, -0.2) is 16.0 Å². The Bertz CT molecular complexity index is 1070. The monoisotopic (exact) mass is 709 g/mol. The number of nitrogens with zero attached hydrogens (tertiary/aromatic N) is 3. The van der Waals surface area contributed by atoms with Gasteiger partial charge in [-0.25, -0.2) is 0 Å². The van der Waals surface area contributed by atoms with E-state index in [1.165, 1.54) is 41.8 Å². The maximum absolute atomic E-state index is 4.98. The van der Waals surface area contributed by atoms with Crippen LogP contribution in [0, 0.1) is 41.5 Å². The van der Waals surface area contributed by atoms with E-state index in [-0.39, 0.29) is 0 Å². The summed E-state index contributed by atoms with van der Waals surface area (Å²) in [6.07, 6.45) is 0. The van der Waals surface area contributed by atoms with E-state index in [1.807, 2.05) is 0 Å². The Morgan fingerprint density at radius 1 is 0.667 bits per heavy atom. The number of halogens is 2. The molecule has 178 valence electrons. The zero-order chi connectivity index (χ0) is 24.9. The molecule has 0 N–H and O–H groups in total. The van der Waals surface area contributed by atoms with Crippen LogP contribution in [0.5, 0.6) is 0 Å². The van der Waals surface area contributed by atoms with Crippen molar-refractivity contribution in [2.75, 3.05) is 0 Å². The molecule has 0 unspecified atom stereocenters. The van der Waals surface area contributed by atoms with Gasteiger partial charge in [-0.05, 0) is 89.8 Å². The quantitative estimate of drug-likeness (QED) is 0.147. The second-order valence-electron chi connectivity index (χ2n) is 8.60. The van der Waals surface area contributed by atoms with Crippen LogP contribution in [0.2, 0.25) is 0 Å². The van der Waals surface area contributed by atoms with Crippen molar-refractivity contribution < 1.29 is 8.46 Å². The van der Waals surface area contributed by atoms with Crippen LogP contribution in [0.25, 0.3) is 0 Å². The van der Waals surface area contributed by atoms with E-state index in [0.29, 0.717) is 0 Å². The van der Waals surface area contributed by atoms with E-state index in [0.717, 1.165) is 34.2 Å². The van der Waals surface area contributed by atoms with Gasteiger partial charge >= 0.3 is 49.1 Å². The van der Waals surface area contributed by atoms with E-state index in [9.17, 15) is 0 Å². The Kier molecular flexibility index (Phi) is 10.8. The third-order valence-electron chi connectivity index (χ3n) is 5.69. The van der Waals surface area contributed by atoms with Gasteiger partial charge in [0.15, 0.2) is 0 Å². The number of benzene rings is 2. The zero-order valence-electron chi connectivity index (χ0n) is 20.9. The molecule has 0 saturated carbocycles. The van der Waals surface area contributed by atoms with Gasteiger partial charge in [-0.15, -0.1) is 0 Å². The summed E-state index contributed by atoms with van der Waals surface area (Å²) in [5.74, 6) is 0.